The Hall–Kier alpha value is -1.89. The molecule has 0 radical (unpaired) electrons. The zero-order valence-electron chi connectivity index (χ0n) is 15.2. The number of guanidine groups is 1. The van der Waals surface area contributed by atoms with Gasteiger partial charge in [0.05, 0.1) is 6.54 Å². The van der Waals surface area contributed by atoms with Gasteiger partial charge in [0.1, 0.15) is 5.75 Å². The Labute approximate surface area is 154 Å². The summed E-state index contributed by atoms with van der Waals surface area (Å²) in [6.45, 7) is 9.88. The van der Waals surface area contributed by atoms with Gasteiger partial charge in [-0.1, -0.05) is 12.1 Å². The van der Waals surface area contributed by atoms with Crippen LogP contribution in [-0.4, -0.2) is 53.5 Å². The fraction of sp³-hybridized carbons (Fsp3) is 0.556. The lowest BCUT2D eigenvalue weighted by molar-refractivity contribution is -0.119. The molecule has 2 rings (SSSR count). The summed E-state index contributed by atoms with van der Waals surface area (Å²) in [5.74, 6) is 2.20. The van der Waals surface area contributed by atoms with Crippen LogP contribution in [-0.2, 0) is 11.3 Å². The Morgan fingerprint density at radius 3 is 2.96 bits per heavy atom. The third-order valence-electron chi connectivity index (χ3n) is 3.75. The Balaban J connectivity index is 2.05. The Morgan fingerprint density at radius 2 is 2.28 bits per heavy atom. The molecule has 1 aliphatic rings. The zero-order chi connectivity index (χ0) is 18.3. The maximum atomic E-state index is 10.8. The largest absolute Gasteiger partial charge is 0.484 e. The normalized spacial score (nSPS) is 17.2. The third kappa shape index (κ3) is 6.49. The number of amides is 1. The molecule has 0 bridgehead atoms. The predicted octanol–water partition coefficient (Wildman–Crippen LogP) is 1.84. The molecule has 1 fully saturated rings. The van der Waals surface area contributed by atoms with Crippen LogP contribution < -0.4 is 15.8 Å². The number of thioether (sulfide) groups is 1. The number of benzene rings is 1. The maximum Gasteiger partial charge on any atom is 0.255 e. The number of nitrogens with zero attached hydrogens (tertiary/aromatic N) is 2. The van der Waals surface area contributed by atoms with Gasteiger partial charge in [0.15, 0.2) is 12.6 Å². The summed E-state index contributed by atoms with van der Waals surface area (Å²) < 4.78 is 5.59. The Morgan fingerprint density at radius 1 is 1.48 bits per heavy atom. The van der Waals surface area contributed by atoms with Crippen LogP contribution in [0.3, 0.4) is 0 Å². The minimum atomic E-state index is -0.483. The van der Waals surface area contributed by atoms with Crippen molar-refractivity contribution in [2.24, 2.45) is 10.7 Å². The highest BCUT2D eigenvalue weighted by Gasteiger charge is 2.28. The quantitative estimate of drug-likeness (QED) is 0.595. The predicted molar refractivity (Wildman–Crippen MR) is 104 cm³/mol. The van der Waals surface area contributed by atoms with E-state index in [0.717, 1.165) is 36.9 Å². The fourth-order valence-corrected chi connectivity index (χ4v) is 3.79. The van der Waals surface area contributed by atoms with Gasteiger partial charge in [-0.3, -0.25) is 4.79 Å². The number of hydrogen-bond donors (Lipinski definition) is 2. The van der Waals surface area contributed by atoms with Gasteiger partial charge < -0.3 is 20.7 Å². The number of ether oxygens (including phenoxy) is 1. The molecule has 0 spiro atoms. The number of rotatable bonds is 6. The molecule has 1 aromatic rings. The molecule has 1 heterocycles. The Bertz CT molecular complexity index is 619. The van der Waals surface area contributed by atoms with Crippen LogP contribution in [0.4, 0.5) is 0 Å². The summed E-state index contributed by atoms with van der Waals surface area (Å²) in [6.07, 6.45) is 0. The summed E-state index contributed by atoms with van der Waals surface area (Å²) in [6, 6.07) is 7.60. The van der Waals surface area contributed by atoms with Crippen LogP contribution in [0.1, 0.15) is 26.3 Å². The van der Waals surface area contributed by atoms with Crippen molar-refractivity contribution in [3.05, 3.63) is 29.8 Å². The first-order valence-electron chi connectivity index (χ1n) is 8.57. The van der Waals surface area contributed by atoms with Gasteiger partial charge >= 0.3 is 0 Å². The molecule has 0 atom stereocenters. The number of nitrogens with one attached hydrogen (secondary N) is 1. The van der Waals surface area contributed by atoms with Crippen molar-refractivity contribution in [2.75, 3.05) is 32.0 Å². The van der Waals surface area contributed by atoms with Crippen LogP contribution >= 0.6 is 11.8 Å². The summed E-state index contributed by atoms with van der Waals surface area (Å²) in [5.41, 5.74) is 6.14. The van der Waals surface area contributed by atoms with E-state index in [2.05, 4.69) is 31.0 Å². The second kappa shape index (κ2) is 8.99. The van der Waals surface area contributed by atoms with E-state index in [1.54, 1.807) is 0 Å². The molecule has 0 saturated carbocycles. The average Bonchev–Trinajstić information content (AvgIpc) is 2.56. The number of hydrogen-bond acceptors (Lipinski definition) is 4. The second-order valence-corrected chi connectivity index (χ2v) is 8.40. The summed E-state index contributed by atoms with van der Waals surface area (Å²) >= 11 is 2.01. The van der Waals surface area contributed by atoms with Crippen molar-refractivity contribution < 1.29 is 9.53 Å². The van der Waals surface area contributed by atoms with Crippen LogP contribution in [0.25, 0.3) is 0 Å². The number of primary amides is 1. The number of nitrogens with two attached hydrogens (primary N) is 1. The lowest BCUT2D eigenvalue weighted by atomic mass is 10.2. The first kappa shape index (κ1) is 19.4. The van der Waals surface area contributed by atoms with Crippen LogP contribution in [0, 0.1) is 0 Å². The van der Waals surface area contributed by atoms with E-state index >= 15 is 0 Å². The van der Waals surface area contributed by atoms with E-state index in [1.807, 2.05) is 36.0 Å². The molecule has 3 N–H and O–H groups in total. The topological polar surface area (TPSA) is 80.0 Å². The number of carbonyl (C=O) groups excluding carboxylic acids is 1. The summed E-state index contributed by atoms with van der Waals surface area (Å²) in [7, 11) is 0. The molecule has 7 heteroatoms. The van der Waals surface area contributed by atoms with E-state index < -0.39 is 5.91 Å². The lowest BCUT2D eigenvalue weighted by Crippen LogP contribution is -2.50. The van der Waals surface area contributed by atoms with Crippen molar-refractivity contribution >= 4 is 23.6 Å². The SMILES string of the molecule is CCNC(=NCc1cccc(OCC(N)=O)c1)N1CCSC(C)(C)C1. The highest BCUT2D eigenvalue weighted by atomic mass is 32.2. The van der Waals surface area contributed by atoms with Crippen molar-refractivity contribution in [1.29, 1.82) is 0 Å². The second-order valence-electron chi connectivity index (χ2n) is 6.60. The molecule has 138 valence electrons. The third-order valence-corrected chi connectivity index (χ3v) is 5.05. The molecule has 6 nitrogen and oxygen atoms in total. The molecule has 0 unspecified atom stereocenters. The number of aliphatic imine (C=N–C) groups is 1. The highest BCUT2D eigenvalue weighted by molar-refractivity contribution is 8.00. The van der Waals surface area contributed by atoms with Crippen LogP contribution in [0.5, 0.6) is 5.75 Å². The van der Waals surface area contributed by atoms with E-state index in [9.17, 15) is 4.79 Å². The van der Waals surface area contributed by atoms with Gasteiger partial charge in [-0.15, -0.1) is 0 Å². The monoisotopic (exact) mass is 364 g/mol. The molecule has 0 aliphatic carbocycles. The van der Waals surface area contributed by atoms with Gasteiger partial charge in [-0.2, -0.15) is 11.8 Å². The van der Waals surface area contributed by atoms with Gasteiger partial charge in [0.25, 0.3) is 5.91 Å². The standard InChI is InChI=1S/C18H28N4O2S/c1-4-20-17(22-8-9-25-18(2,3)13-22)21-11-14-6-5-7-15(10-14)24-12-16(19)23/h5-7,10H,4,8-9,11-13H2,1-3H3,(H2,19,23)(H,20,21). The summed E-state index contributed by atoms with van der Waals surface area (Å²) in [4.78, 5) is 17.9. The van der Waals surface area contributed by atoms with Gasteiger partial charge in [-0.25, -0.2) is 4.99 Å². The fourth-order valence-electron chi connectivity index (χ4n) is 2.68. The van der Waals surface area contributed by atoms with Gasteiger partial charge in [-0.05, 0) is 38.5 Å². The molecule has 1 saturated heterocycles. The van der Waals surface area contributed by atoms with Crippen LogP contribution in [0.15, 0.2) is 29.3 Å². The molecule has 25 heavy (non-hydrogen) atoms. The minimum Gasteiger partial charge on any atom is -0.484 e. The van der Waals surface area contributed by atoms with E-state index in [0.29, 0.717) is 12.3 Å². The summed E-state index contributed by atoms with van der Waals surface area (Å²) in [5, 5.41) is 3.39. The van der Waals surface area contributed by atoms with Crippen molar-refractivity contribution in [2.45, 2.75) is 32.1 Å². The molecule has 1 aliphatic heterocycles. The first-order chi connectivity index (χ1) is 11.9. The van der Waals surface area contributed by atoms with E-state index in [1.165, 1.54) is 0 Å². The lowest BCUT2D eigenvalue weighted by Gasteiger charge is -2.39. The molecular weight excluding hydrogens is 336 g/mol. The molecule has 1 amide bonds. The van der Waals surface area contributed by atoms with Crippen LogP contribution in [0.2, 0.25) is 0 Å². The van der Waals surface area contributed by atoms with Crippen molar-refractivity contribution in [3.8, 4) is 5.75 Å². The van der Waals surface area contributed by atoms with Crippen molar-refractivity contribution in [1.82, 2.24) is 10.2 Å². The Kier molecular flexibility index (Phi) is 6.99. The van der Waals surface area contributed by atoms with Crippen molar-refractivity contribution in [3.63, 3.8) is 0 Å². The first-order valence-corrected chi connectivity index (χ1v) is 9.55. The molecule has 0 aromatic heterocycles. The maximum absolute atomic E-state index is 10.8. The van der Waals surface area contributed by atoms with Gasteiger partial charge in [0, 0.05) is 30.1 Å². The smallest absolute Gasteiger partial charge is 0.255 e. The van der Waals surface area contributed by atoms with E-state index in [-0.39, 0.29) is 11.4 Å². The van der Waals surface area contributed by atoms with E-state index in [4.69, 9.17) is 15.5 Å². The molecular formula is C18H28N4O2S. The highest BCUT2D eigenvalue weighted by Crippen LogP contribution is 2.29. The zero-order valence-corrected chi connectivity index (χ0v) is 16.1. The minimum absolute atomic E-state index is 0.115. The van der Waals surface area contributed by atoms with Gasteiger partial charge in [0.2, 0.25) is 0 Å². The number of carbonyl (C=O) groups is 1. The molecule has 1 aromatic carbocycles. The average molecular weight is 365 g/mol.